The Morgan fingerprint density at radius 1 is 1.44 bits per heavy atom. The van der Waals surface area contributed by atoms with Crippen molar-refractivity contribution in [1.29, 1.82) is 0 Å². The van der Waals surface area contributed by atoms with Gasteiger partial charge in [0.1, 0.15) is 0 Å². The highest BCUT2D eigenvalue weighted by molar-refractivity contribution is 9.10. The molecule has 0 bridgehead atoms. The number of aromatic nitrogens is 2. The Morgan fingerprint density at radius 3 is 2.62 bits per heavy atom. The van der Waals surface area contributed by atoms with Crippen LogP contribution in [0.3, 0.4) is 0 Å². The molecule has 1 rings (SSSR count). The molecule has 16 heavy (non-hydrogen) atoms. The van der Waals surface area contributed by atoms with Crippen molar-refractivity contribution in [3.63, 3.8) is 0 Å². The second kappa shape index (κ2) is 6.40. The molecule has 0 amide bonds. The third kappa shape index (κ3) is 3.91. The number of nitrogens with one attached hydrogen (secondary N) is 1. The molecule has 1 aromatic rings. The van der Waals surface area contributed by atoms with E-state index in [0.29, 0.717) is 0 Å². The summed E-state index contributed by atoms with van der Waals surface area (Å²) in [7, 11) is 2.01. The maximum atomic E-state index is 4.39. The van der Waals surface area contributed by atoms with Crippen LogP contribution in [0.5, 0.6) is 0 Å². The Labute approximate surface area is 107 Å². The Morgan fingerprint density at radius 2 is 2.12 bits per heavy atom. The van der Waals surface area contributed by atoms with Crippen LogP contribution >= 0.6 is 15.9 Å². The predicted octanol–water partition coefficient (Wildman–Crippen LogP) is 2.67. The molecule has 0 atom stereocenters. The summed E-state index contributed by atoms with van der Waals surface area (Å²) in [6.07, 6.45) is 2.23. The monoisotopic (exact) mass is 287 g/mol. The first kappa shape index (κ1) is 13.7. The molecular weight excluding hydrogens is 266 g/mol. The quantitative estimate of drug-likeness (QED) is 0.816. The van der Waals surface area contributed by atoms with E-state index in [-0.39, 0.29) is 0 Å². The van der Waals surface area contributed by atoms with Crippen molar-refractivity contribution < 1.29 is 0 Å². The van der Waals surface area contributed by atoms with Crippen LogP contribution in [-0.4, -0.2) is 22.9 Å². The van der Waals surface area contributed by atoms with E-state index in [0.717, 1.165) is 37.5 Å². The van der Waals surface area contributed by atoms with Crippen molar-refractivity contribution >= 4 is 15.9 Å². The molecular formula is C12H22BrN3. The van der Waals surface area contributed by atoms with Gasteiger partial charge in [-0.1, -0.05) is 13.8 Å². The van der Waals surface area contributed by atoms with Gasteiger partial charge in [0.05, 0.1) is 15.9 Å². The molecule has 1 N–H and O–H groups in total. The molecule has 0 fully saturated rings. The number of nitrogens with zero attached hydrogens (tertiary/aromatic N) is 2. The van der Waals surface area contributed by atoms with Gasteiger partial charge >= 0.3 is 0 Å². The van der Waals surface area contributed by atoms with E-state index in [9.17, 15) is 0 Å². The summed E-state index contributed by atoms with van der Waals surface area (Å²) in [5.74, 6) is 0.727. The van der Waals surface area contributed by atoms with E-state index >= 15 is 0 Å². The average Bonchev–Trinajstić information content (AvgIpc) is 2.43. The molecule has 1 heterocycles. The van der Waals surface area contributed by atoms with Crippen LogP contribution in [0.15, 0.2) is 4.47 Å². The minimum Gasteiger partial charge on any atom is -0.316 e. The largest absolute Gasteiger partial charge is 0.316 e. The van der Waals surface area contributed by atoms with Gasteiger partial charge in [0, 0.05) is 7.05 Å². The normalized spacial score (nSPS) is 11.4. The predicted molar refractivity (Wildman–Crippen MR) is 71.7 cm³/mol. The van der Waals surface area contributed by atoms with E-state index < -0.39 is 0 Å². The summed E-state index contributed by atoms with van der Waals surface area (Å²) in [6, 6.07) is 0. The highest BCUT2D eigenvalue weighted by atomic mass is 79.9. The highest BCUT2D eigenvalue weighted by Crippen LogP contribution is 2.21. The fourth-order valence-corrected chi connectivity index (χ4v) is 2.26. The van der Waals surface area contributed by atoms with E-state index in [1.165, 1.54) is 10.2 Å². The first-order chi connectivity index (χ1) is 7.52. The summed E-state index contributed by atoms with van der Waals surface area (Å²) in [4.78, 5) is 0. The number of rotatable bonds is 6. The van der Waals surface area contributed by atoms with Crippen LogP contribution in [0.4, 0.5) is 0 Å². The van der Waals surface area contributed by atoms with E-state index in [4.69, 9.17) is 0 Å². The lowest BCUT2D eigenvalue weighted by atomic mass is 10.2. The smallest absolute Gasteiger partial charge is 0.0738 e. The fourth-order valence-electron chi connectivity index (χ4n) is 1.72. The Bertz CT molecular complexity index is 331. The van der Waals surface area contributed by atoms with Gasteiger partial charge in [-0.2, -0.15) is 5.10 Å². The van der Waals surface area contributed by atoms with Crippen LogP contribution in [-0.2, 0) is 13.5 Å². The van der Waals surface area contributed by atoms with Gasteiger partial charge < -0.3 is 5.32 Å². The molecule has 1 aromatic heterocycles. The molecule has 3 nitrogen and oxygen atoms in total. The fraction of sp³-hybridized carbons (Fsp3) is 0.750. The third-order valence-electron chi connectivity index (χ3n) is 2.58. The third-order valence-corrected chi connectivity index (χ3v) is 3.61. The van der Waals surface area contributed by atoms with Gasteiger partial charge in [0.2, 0.25) is 0 Å². The summed E-state index contributed by atoms with van der Waals surface area (Å²) in [5.41, 5.74) is 2.37. The Kier molecular flexibility index (Phi) is 5.49. The van der Waals surface area contributed by atoms with Crippen molar-refractivity contribution in [2.45, 2.75) is 33.6 Å². The van der Waals surface area contributed by atoms with Gasteiger partial charge in [0.15, 0.2) is 0 Å². The number of aryl methyl sites for hydroxylation is 2. The number of halogens is 1. The summed E-state index contributed by atoms with van der Waals surface area (Å²) < 4.78 is 3.14. The van der Waals surface area contributed by atoms with Crippen molar-refractivity contribution in [2.75, 3.05) is 13.1 Å². The average molecular weight is 288 g/mol. The topological polar surface area (TPSA) is 29.9 Å². The van der Waals surface area contributed by atoms with Crippen molar-refractivity contribution in [1.82, 2.24) is 15.1 Å². The van der Waals surface area contributed by atoms with E-state index in [1.807, 2.05) is 18.7 Å². The molecule has 0 aliphatic rings. The van der Waals surface area contributed by atoms with Gasteiger partial charge in [0.25, 0.3) is 0 Å². The second-order valence-electron chi connectivity index (χ2n) is 4.67. The lowest BCUT2D eigenvalue weighted by Gasteiger charge is -2.07. The van der Waals surface area contributed by atoms with Crippen LogP contribution in [0.1, 0.15) is 31.7 Å². The zero-order valence-corrected chi connectivity index (χ0v) is 12.3. The lowest BCUT2D eigenvalue weighted by molar-refractivity contribution is 0.538. The zero-order chi connectivity index (χ0) is 12.1. The maximum absolute atomic E-state index is 4.39. The van der Waals surface area contributed by atoms with Crippen molar-refractivity contribution in [3.05, 3.63) is 15.9 Å². The molecule has 0 aliphatic carbocycles. The molecule has 0 spiro atoms. The molecule has 0 aromatic carbocycles. The van der Waals surface area contributed by atoms with Crippen LogP contribution in [0.25, 0.3) is 0 Å². The molecule has 0 unspecified atom stereocenters. The summed E-state index contributed by atoms with van der Waals surface area (Å²) >= 11 is 3.59. The molecule has 4 heteroatoms. The van der Waals surface area contributed by atoms with Gasteiger partial charge in [-0.05, 0) is 54.7 Å². The SMILES string of the molecule is Cc1nn(C)c(CCCNCC(C)C)c1Br. The van der Waals surface area contributed by atoms with Crippen molar-refractivity contribution in [2.24, 2.45) is 13.0 Å². The summed E-state index contributed by atoms with van der Waals surface area (Å²) in [6.45, 7) is 8.67. The van der Waals surface area contributed by atoms with Gasteiger partial charge in [-0.25, -0.2) is 0 Å². The zero-order valence-electron chi connectivity index (χ0n) is 10.7. The first-order valence-corrected chi connectivity index (χ1v) is 6.70. The lowest BCUT2D eigenvalue weighted by Crippen LogP contribution is -2.21. The second-order valence-corrected chi connectivity index (χ2v) is 5.46. The first-order valence-electron chi connectivity index (χ1n) is 5.91. The van der Waals surface area contributed by atoms with Crippen molar-refractivity contribution in [3.8, 4) is 0 Å². The number of hydrogen-bond donors (Lipinski definition) is 1. The standard InChI is InChI=1S/C12H22BrN3/c1-9(2)8-14-7-5-6-11-12(13)10(3)15-16(11)4/h9,14H,5-8H2,1-4H3. The number of hydrogen-bond acceptors (Lipinski definition) is 2. The van der Waals surface area contributed by atoms with E-state index in [2.05, 4.69) is 40.2 Å². The Hall–Kier alpha value is -0.350. The van der Waals surface area contributed by atoms with Gasteiger partial charge in [-0.15, -0.1) is 0 Å². The van der Waals surface area contributed by atoms with Crippen LogP contribution < -0.4 is 5.32 Å². The molecule has 0 radical (unpaired) electrons. The van der Waals surface area contributed by atoms with E-state index in [1.54, 1.807) is 0 Å². The minimum absolute atomic E-state index is 0.727. The molecule has 0 saturated heterocycles. The molecule has 92 valence electrons. The molecule has 0 aliphatic heterocycles. The maximum Gasteiger partial charge on any atom is 0.0738 e. The van der Waals surface area contributed by atoms with Crippen LogP contribution in [0, 0.1) is 12.8 Å². The van der Waals surface area contributed by atoms with Gasteiger partial charge in [-0.3, -0.25) is 4.68 Å². The van der Waals surface area contributed by atoms with Crippen LogP contribution in [0.2, 0.25) is 0 Å². The molecule has 0 saturated carbocycles. The summed E-state index contributed by atoms with van der Waals surface area (Å²) in [5, 5.41) is 7.84. The highest BCUT2D eigenvalue weighted by Gasteiger charge is 2.09. The minimum atomic E-state index is 0.727. The Balaban J connectivity index is 2.32.